The van der Waals surface area contributed by atoms with Crippen molar-refractivity contribution >= 4 is 40.7 Å². The number of allylic oxidation sites excluding steroid dienone is 5. The summed E-state index contributed by atoms with van der Waals surface area (Å²) in [5, 5.41) is 4.84. The number of nitrogens with zero attached hydrogens (tertiary/aromatic N) is 2. The van der Waals surface area contributed by atoms with Crippen molar-refractivity contribution in [1.82, 2.24) is 5.43 Å². The van der Waals surface area contributed by atoms with Crippen LogP contribution >= 0.6 is 23.2 Å². The highest BCUT2D eigenvalue weighted by atomic mass is 35.5. The number of fused-ring (bicyclic) bond motifs is 1. The van der Waals surface area contributed by atoms with Gasteiger partial charge in [-0.3, -0.25) is 4.99 Å². The van der Waals surface area contributed by atoms with Crippen LogP contribution in [-0.2, 0) is 0 Å². The van der Waals surface area contributed by atoms with E-state index in [4.69, 9.17) is 28.9 Å². The van der Waals surface area contributed by atoms with Crippen molar-refractivity contribution in [3.05, 3.63) is 33.9 Å². The number of carbonyl (C=O) groups is 1. The highest BCUT2D eigenvalue weighted by molar-refractivity contribution is 6.65. The molecule has 0 atom stereocenters. The Bertz CT molecular complexity index is 528. The average Bonchev–Trinajstić information content (AvgIpc) is 2.27. The third kappa shape index (κ3) is 2.57. The molecule has 0 aromatic carbocycles. The monoisotopic (exact) mass is 270 g/mol. The Morgan fingerprint density at radius 2 is 2.24 bits per heavy atom. The van der Waals surface area contributed by atoms with Gasteiger partial charge in [-0.1, -0.05) is 29.3 Å². The maximum absolute atomic E-state index is 10.6. The van der Waals surface area contributed by atoms with E-state index in [9.17, 15) is 4.79 Å². The highest BCUT2D eigenvalue weighted by Gasteiger charge is 2.22. The van der Waals surface area contributed by atoms with E-state index in [1.165, 1.54) is 0 Å². The molecule has 0 aromatic heterocycles. The summed E-state index contributed by atoms with van der Waals surface area (Å²) in [7, 11) is 0. The highest BCUT2D eigenvalue weighted by Crippen LogP contribution is 2.23. The molecule has 0 bridgehead atoms. The van der Waals surface area contributed by atoms with Crippen LogP contribution in [0.1, 0.15) is 0 Å². The maximum Gasteiger partial charge on any atom is 0.332 e. The molecule has 0 spiro atoms. The van der Waals surface area contributed by atoms with Crippen LogP contribution in [0.3, 0.4) is 0 Å². The summed E-state index contributed by atoms with van der Waals surface area (Å²) in [6.45, 7) is 0.369. The second-order valence-electron chi connectivity index (χ2n) is 3.33. The first-order valence-corrected chi connectivity index (χ1v) is 5.46. The van der Waals surface area contributed by atoms with Gasteiger partial charge >= 0.3 is 6.03 Å². The van der Waals surface area contributed by atoms with Gasteiger partial charge in [0.2, 0.25) is 0 Å². The fourth-order valence-electron chi connectivity index (χ4n) is 1.44. The standard InChI is InChI=1S/C10H8Cl2N4O/c11-6-3-5-1-2-7(12)9(8(5)14-4-6)15-16-10(13)17/h1-3H,4H2,(H3,13,16,17)/b15-9-. The van der Waals surface area contributed by atoms with Crippen molar-refractivity contribution in [2.24, 2.45) is 15.8 Å². The number of halogens is 2. The van der Waals surface area contributed by atoms with Gasteiger partial charge in [-0.05, 0) is 12.2 Å². The molecule has 1 heterocycles. The number of nitrogens with two attached hydrogens (primary N) is 1. The summed E-state index contributed by atoms with van der Waals surface area (Å²) >= 11 is 11.9. The van der Waals surface area contributed by atoms with Gasteiger partial charge in [0.15, 0.2) is 0 Å². The van der Waals surface area contributed by atoms with Gasteiger partial charge in [-0.25, -0.2) is 10.2 Å². The fraction of sp³-hybridized carbons (Fsp3) is 0.100. The molecule has 1 aliphatic carbocycles. The number of carbonyl (C=O) groups excluding carboxylic acids is 1. The molecule has 3 N–H and O–H groups in total. The number of primary amides is 1. The van der Waals surface area contributed by atoms with Crippen LogP contribution in [0.15, 0.2) is 44.0 Å². The lowest BCUT2D eigenvalue weighted by molar-refractivity contribution is 0.249. The quantitative estimate of drug-likeness (QED) is 0.552. The van der Waals surface area contributed by atoms with Crippen LogP contribution in [0.25, 0.3) is 0 Å². The molecule has 5 nitrogen and oxygen atoms in total. The Morgan fingerprint density at radius 3 is 2.94 bits per heavy atom. The Kier molecular flexibility index (Phi) is 3.31. The zero-order chi connectivity index (χ0) is 12.4. The van der Waals surface area contributed by atoms with Gasteiger partial charge in [0.1, 0.15) is 5.71 Å². The van der Waals surface area contributed by atoms with Gasteiger partial charge in [-0.2, -0.15) is 5.10 Å². The number of hydrazone groups is 1. The molecule has 2 amide bonds. The number of aliphatic imine (C=N–C) groups is 1. The van der Waals surface area contributed by atoms with E-state index in [1.807, 2.05) is 0 Å². The second kappa shape index (κ2) is 4.73. The van der Waals surface area contributed by atoms with Crippen molar-refractivity contribution in [1.29, 1.82) is 0 Å². The predicted octanol–water partition coefficient (Wildman–Crippen LogP) is 1.65. The fourth-order valence-corrected chi connectivity index (χ4v) is 1.81. The smallest absolute Gasteiger partial charge is 0.332 e. The van der Waals surface area contributed by atoms with Crippen LogP contribution in [0.4, 0.5) is 4.79 Å². The zero-order valence-corrected chi connectivity index (χ0v) is 10.1. The van der Waals surface area contributed by atoms with Gasteiger partial charge in [-0.15, -0.1) is 0 Å². The predicted molar refractivity (Wildman–Crippen MR) is 68.4 cm³/mol. The minimum absolute atomic E-state index is 0.369. The number of nitrogens with one attached hydrogen (secondary N) is 1. The van der Waals surface area contributed by atoms with E-state index < -0.39 is 6.03 Å². The van der Waals surface area contributed by atoms with Gasteiger partial charge < -0.3 is 5.73 Å². The zero-order valence-electron chi connectivity index (χ0n) is 8.58. The van der Waals surface area contributed by atoms with Crippen molar-refractivity contribution in [2.45, 2.75) is 0 Å². The molecule has 0 saturated heterocycles. The third-order valence-electron chi connectivity index (χ3n) is 2.11. The van der Waals surface area contributed by atoms with Crippen LogP contribution in [0, 0.1) is 0 Å². The largest absolute Gasteiger partial charge is 0.350 e. The van der Waals surface area contributed by atoms with Gasteiger partial charge in [0.05, 0.1) is 17.3 Å². The Hall–Kier alpha value is -1.59. The topological polar surface area (TPSA) is 79.8 Å². The summed E-state index contributed by atoms with van der Waals surface area (Å²) in [4.78, 5) is 14.9. The molecular formula is C10H8Cl2N4O. The van der Waals surface area contributed by atoms with E-state index >= 15 is 0 Å². The summed E-state index contributed by atoms with van der Waals surface area (Å²) in [6, 6.07) is -0.761. The summed E-state index contributed by atoms with van der Waals surface area (Å²) in [6.07, 6.45) is 5.22. The normalized spacial score (nSPS) is 20.9. The maximum atomic E-state index is 10.6. The molecule has 2 aliphatic rings. The lowest BCUT2D eigenvalue weighted by Gasteiger charge is -2.17. The lowest BCUT2D eigenvalue weighted by Crippen LogP contribution is -2.30. The van der Waals surface area contributed by atoms with E-state index in [1.54, 1.807) is 18.2 Å². The minimum Gasteiger partial charge on any atom is -0.350 e. The van der Waals surface area contributed by atoms with Crippen LogP contribution in [0.2, 0.25) is 0 Å². The first kappa shape index (κ1) is 11.9. The third-order valence-corrected chi connectivity index (χ3v) is 2.65. The number of amides is 2. The Labute approximate surface area is 107 Å². The molecule has 17 heavy (non-hydrogen) atoms. The average molecular weight is 271 g/mol. The van der Waals surface area contributed by atoms with E-state index in [0.717, 1.165) is 5.57 Å². The molecule has 0 radical (unpaired) electrons. The van der Waals surface area contributed by atoms with E-state index in [-0.39, 0.29) is 0 Å². The molecule has 0 saturated carbocycles. The molecule has 0 unspecified atom stereocenters. The van der Waals surface area contributed by atoms with Crippen molar-refractivity contribution in [3.8, 4) is 0 Å². The number of dihydropyridines is 1. The van der Waals surface area contributed by atoms with Crippen molar-refractivity contribution in [2.75, 3.05) is 6.54 Å². The van der Waals surface area contributed by atoms with Crippen molar-refractivity contribution < 1.29 is 4.79 Å². The molecule has 2 rings (SSSR count). The lowest BCUT2D eigenvalue weighted by atomic mass is 9.98. The first-order chi connectivity index (χ1) is 8.08. The Morgan fingerprint density at radius 1 is 1.47 bits per heavy atom. The molecule has 7 heteroatoms. The van der Waals surface area contributed by atoms with Crippen LogP contribution in [0.5, 0.6) is 0 Å². The van der Waals surface area contributed by atoms with E-state index in [2.05, 4.69) is 15.5 Å². The van der Waals surface area contributed by atoms with Gasteiger partial charge in [0.25, 0.3) is 0 Å². The number of rotatable bonds is 1. The summed E-state index contributed by atoms with van der Waals surface area (Å²) < 4.78 is 0. The van der Waals surface area contributed by atoms with Gasteiger partial charge in [0, 0.05) is 10.6 Å². The SMILES string of the molecule is NC(=O)N/N=C1/C(Cl)=CC=C2C=C(Cl)CN=C21. The first-order valence-electron chi connectivity index (χ1n) is 4.70. The summed E-state index contributed by atoms with van der Waals surface area (Å²) in [5.41, 5.74) is 8.84. The molecule has 88 valence electrons. The van der Waals surface area contributed by atoms with Crippen LogP contribution < -0.4 is 11.2 Å². The minimum atomic E-state index is -0.761. The number of hydrogen-bond donors (Lipinski definition) is 2. The molecule has 1 aliphatic heterocycles. The number of urea groups is 1. The molecular weight excluding hydrogens is 263 g/mol. The van der Waals surface area contributed by atoms with Crippen molar-refractivity contribution in [3.63, 3.8) is 0 Å². The van der Waals surface area contributed by atoms with Crippen LogP contribution in [-0.4, -0.2) is 24.0 Å². The Balaban J connectivity index is 2.37. The van der Waals surface area contributed by atoms with E-state index in [0.29, 0.717) is 28.0 Å². The second-order valence-corrected chi connectivity index (χ2v) is 4.22. The molecule has 0 aromatic rings. The summed E-state index contributed by atoms with van der Waals surface area (Å²) in [5.74, 6) is 0. The number of hydrogen-bond acceptors (Lipinski definition) is 3. The molecule has 0 fully saturated rings.